The minimum Gasteiger partial charge on any atom is -0.447 e. The van der Waals surface area contributed by atoms with Gasteiger partial charge in [0.25, 0.3) is 0 Å². The summed E-state index contributed by atoms with van der Waals surface area (Å²) in [5, 5.41) is 38.9. The minimum atomic E-state index is -1.85. The monoisotopic (exact) mass is 346 g/mol. The van der Waals surface area contributed by atoms with Crippen LogP contribution in [0, 0.1) is 62.1 Å². The Labute approximate surface area is 152 Å². The number of rotatable bonds is 1. The van der Waals surface area contributed by atoms with Crippen molar-refractivity contribution >= 4 is 5.90 Å². The molecule has 1 saturated carbocycles. The van der Waals surface area contributed by atoms with Crippen LogP contribution >= 0.6 is 0 Å². The zero-order valence-electron chi connectivity index (χ0n) is 14.4. The second-order valence-corrected chi connectivity index (χ2v) is 7.54. The molecule has 4 rings (SSSR count). The molecule has 2 bridgehead atoms. The molecule has 1 aromatic carbocycles. The highest BCUT2D eigenvalue weighted by molar-refractivity contribution is 5.89. The first-order chi connectivity index (χ1) is 12.5. The van der Waals surface area contributed by atoms with Gasteiger partial charge in [-0.1, -0.05) is 37.3 Å². The lowest BCUT2D eigenvalue weighted by atomic mass is 9.51. The number of nitrogens with one attached hydrogen (secondary N) is 1. The zero-order chi connectivity index (χ0) is 18.6. The lowest BCUT2D eigenvalue weighted by molar-refractivity contribution is -0.298. The molecule has 0 unspecified atom stereocenters. The molecule has 130 valence electrons. The van der Waals surface area contributed by atoms with E-state index in [9.17, 15) is 15.8 Å². The van der Waals surface area contributed by atoms with Gasteiger partial charge in [-0.25, -0.2) is 0 Å². The summed E-state index contributed by atoms with van der Waals surface area (Å²) in [6, 6.07) is 15.4. The summed E-state index contributed by atoms with van der Waals surface area (Å²) in [4.78, 5) is 0. The van der Waals surface area contributed by atoms with E-state index in [1.165, 1.54) is 0 Å². The maximum absolute atomic E-state index is 10.2. The summed E-state index contributed by atoms with van der Waals surface area (Å²) < 4.78 is 12.2. The second kappa shape index (κ2) is 5.31. The van der Waals surface area contributed by atoms with Gasteiger partial charge in [-0.15, -0.1) is 0 Å². The predicted molar refractivity (Wildman–Crippen MR) is 90.0 cm³/mol. The highest BCUT2D eigenvalue weighted by atomic mass is 16.7. The largest absolute Gasteiger partial charge is 0.447 e. The topological polar surface area (TPSA) is 114 Å². The van der Waals surface area contributed by atoms with Crippen LogP contribution in [0.2, 0.25) is 0 Å². The average Bonchev–Trinajstić information content (AvgIpc) is 2.86. The van der Waals surface area contributed by atoms with E-state index < -0.39 is 28.6 Å². The highest BCUT2D eigenvalue weighted by Crippen LogP contribution is 2.69. The molecule has 1 N–H and O–H groups in total. The number of nitriles is 3. The van der Waals surface area contributed by atoms with Crippen molar-refractivity contribution < 1.29 is 9.47 Å². The van der Waals surface area contributed by atoms with Crippen molar-refractivity contribution in [1.82, 2.24) is 0 Å². The fourth-order valence-electron chi connectivity index (χ4n) is 4.96. The maximum Gasteiger partial charge on any atom is 0.217 e. The highest BCUT2D eigenvalue weighted by Gasteiger charge is 2.80. The van der Waals surface area contributed by atoms with Gasteiger partial charge in [-0.3, -0.25) is 5.41 Å². The Kier molecular flexibility index (Phi) is 3.38. The van der Waals surface area contributed by atoms with Crippen molar-refractivity contribution in [3.63, 3.8) is 0 Å². The van der Waals surface area contributed by atoms with Crippen molar-refractivity contribution in [2.45, 2.75) is 38.1 Å². The third-order valence-corrected chi connectivity index (χ3v) is 6.27. The molecule has 0 aromatic heterocycles. The standard InChI is InChI=1S/C20H18N4O2/c1-13-7-8-20-15(9-13)19(12-23,17(24)26-20)18(10-21,11-22)16(25-20)14-5-3-2-4-6-14/h2-6,13,15-16,24H,7-9H2,1H3/t13-,15+,16+,19+,20+/m1/s1. The van der Waals surface area contributed by atoms with Gasteiger partial charge in [-0.05, 0) is 24.3 Å². The molecule has 5 atom stereocenters. The molecule has 0 radical (unpaired) electrons. The molecule has 2 saturated heterocycles. The van der Waals surface area contributed by atoms with Crippen LogP contribution in [0.25, 0.3) is 0 Å². The molecule has 0 amide bonds. The van der Waals surface area contributed by atoms with Crippen LogP contribution in [-0.2, 0) is 9.47 Å². The van der Waals surface area contributed by atoms with E-state index in [2.05, 4.69) is 25.1 Å². The van der Waals surface area contributed by atoms with Crippen molar-refractivity contribution in [2.75, 3.05) is 0 Å². The Balaban J connectivity index is 2.00. The van der Waals surface area contributed by atoms with Crippen LogP contribution in [0.3, 0.4) is 0 Å². The first-order valence-corrected chi connectivity index (χ1v) is 8.74. The molecular formula is C20H18N4O2. The third-order valence-electron chi connectivity index (χ3n) is 6.27. The normalized spacial score (nSPS) is 39.6. The molecule has 1 aliphatic carbocycles. The van der Waals surface area contributed by atoms with E-state index >= 15 is 0 Å². The molecule has 1 aromatic rings. The van der Waals surface area contributed by atoms with E-state index in [4.69, 9.17) is 14.9 Å². The lowest BCUT2D eigenvalue weighted by Gasteiger charge is -2.52. The maximum atomic E-state index is 10.2. The Bertz CT molecular complexity index is 879. The number of hydrogen-bond donors (Lipinski definition) is 1. The summed E-state index contributed by atoms with van der Waals surface area (Å²) in [6.07, 6.45) is 1.02. The molecule has 2 heterocycles. The quantitative estimate of drug-likeness (QED) is 0.836. The number of hydrogen-bond acceptors (Lipinski definition) is 6. The fraction of sp³-hybridized carbons (Fsp3) is 0.500. The summed E-state index contributed by atoms with van der Waals surface area (Å²) in [5.74, 6) is -1.62. The summed E-state index contributed by atoms with van der Waals surface area (Å²) in [6.45, 7) is 2.07. The van der Waals surface area contributed by atoms with Crippen LogP contribution in [0.15, 0.2) is 30.3 Å². The molecule has 3 fully saturated rings. The van der Waals surface area contributed by atoms with Gasteiger partial charge >= 0.3 is 0 Å². The van der Waals surface area contributed by atoms with Crippen LogP contribution in [0.5, 0.6) is 0 Å². The van der Waals surface area contributed by atoms with Crippen molar-refractivity contribution in [3.05, 3.63) is 35.9 Å². The minimum absolute atomic E-state index is 0.305. The first-order valence-electron chi connectivity index (χ1n) is 8.74. The van der Waals surface area contributed by atoms with Crippen molar-refractivity contribution in [3.8, 4) is 18.2 Å². The number of benzene rings is 1. The lowest BCUT2D eigenvalue weighted by Crippen LogP contribution is -2.60. The van der Waals surface area contributed by atoms with Crippen molar-refractivity contribution in [1.29, 1.82) is 21.2 Å². The Morgan fingerprint density at radius 2 is 1.81 bits per heavy atom. The summed E-state index contributed by atoms with van der Waals surface area (Å²) in [7, 11) is 0. The van der Waals surface area contributed by atoms with Gasteiger partial charge < -0.3 is 9.47 Å². The first kappa shape index (κ1) is 16.6. The van der Waals surface area contributed by atoms with Crippen molar-refractivity contribution in [2.24, 2.45) is 22.7 Å². The smallest absolute Gasteiger partial charge is 0.217 e. The third kappa shape index (κ3) is 1.69. The van der Waals surface area contributed by atoms with Crippen LogP contribution in [0.1, 0.15) is 37.9 Å². The van der Waals surface area contributed by atoms with Crippen LogP contribution in [0.4, 0.5) is 0 Å². The van der Waals surface area contributed by atoms with Gasteiger partial charge in [0.05, 0.1) is 24.1 Å². The zero-order valence-corrected chi connectivity index (χ0v) is 14.4. The molecule has 0 spiro atoms. The Hall–Kier alpha value is -2.88. The van der Waals surface area contributed by atoms with Gasteiger partial charge in [-0.2, -0.15) is 15.8 Å². The van der Waals surface area contributed by atoms with Gasteiger partial charge in [0.2, 0.25) is 17.1 Å². The van der Waals surface area contributed by atoms with Crippen LogP contribution in [-0.4, -0.2) is 11.7 Å². The summed E-state index contributed by atoms with van der Waals surface area (Å²) in [5.41, 5.74) is -2.84. The molecule has 3 aliphatic rings. The SMILES string of the molecule is C[C@@H]1CC[C@]23OC(=N)[C@](C#N)([C@@H]2C1)C(C#N)(C#N)[C@H](c1ccccc1)O3. The van der Waals surface area contributed by atoms with E-state index in [1.807, 2.05) is 6.07 Å². The molecule has 6 heteroatoms. The Morgan fingerprint density at radius 3 is 2.42 bits per heavy atom. The van der Waals surface area contributed by atoms with E-state index in [-0.39, 0.29) is 5.90 Å². The van der Waals surface area contributed by atoms with E-state index in [1.54, 1.807) is 24.3 Å². The molecular weight excluding hydrogens is 328 g/mol. The van der Waals surface area contributed by atoms with Gasteiger partial charge in [0.15, 0.2) is 5.41 Å². The molecule has 6 nitrogen and oxygen atoms in total. The van der Waals surface area contributed by atoms with Gasteiger partial charge in [0.1, 0.15) is 6.10 Å². The van der Waals surface area contributed by atoms with Gasteiger partial charge in [0, 0.05) is 6.42 Å². The summed E-state index contributed by atoms with van der Waals surface area (Å²) >= 11 is 0. The van der Waals surface area contributed by atoms with E-state index in [0.29, 0.717) is 24.3 Å². The number of ether oxygens (including phenoxy) is 2. The average molecular weight is 346 g/mol. The van der Waals surface area contributed by atoms with E-state index in [0.717, 1.165) is 6.42 Å². The van der Waals surface area contributed by atoms with Crippen LogP contribution < -0.4 is 0 Å². The molecule has 26 heavy (non-hydrogen) atoms. The predicted octanol–water partition coefficient (Wildman–Crippen LogP) is 3.44. The second-order valence-electron chi connectivity index (χ2n) is 7.54. The fourth-order valence-corrected chi connectivity index (χ4v) is 4.96. The molecule has 2 aliphatic heterocycles. The Morgan fingerprint density at radius 1 is 1.12 bits per heavy atom. The number of nitrogens with zero attached hydrogens (tertiary/aromatic N) is 3.